The van der Waals surface area contributed by atoms with Crippen LogP contribution in [0.4, 0.5) is 0 Å². The molecule has 0 aliphatic heterocycles. The van der Waals surface area contributed by atoms with Crippen LogP contribution < -0.4 is 0 Å². The van der Waals surface area contributed by atoms with Gasteiger partial charge in [-0.3, -0.25) is 0 Å². The highest BCUT2D eigenvalue weighted by Gasteiger charge is 2.00. The predicted octanol–water partition coefficient (Wildman–Crippen LogP) is 3.15. The van der Waals surface area contributed by atoms with E-state index in [0.717, 1.165) is 0 Å². The zero-order chi connectivity index (χ0) is 7.97. The van der Waals surface area contributed by atoms with E-state index in [4.69, 9.17) is 0 Å². The molecule has 12 heavy (non-hydrogen) atoms. The van der Waals surface area contributed by atoms with Crippen molar-refractivity contribution in [2.45, 2.75) is 0 Å². The smallest absolute Gasteiger partial charge is 0.100 e. The molecule has 0 amide bonds. The van der Waals surface area contributed by atoms with Crippen LogP contribution in [0.1, 0.15) is 0 Å². The van der Waals surface area contributed by atoms with Crippen molar-refractivity contribution < 1.29 is 0 Å². The molecule has 0 aliphatic rings. The lowest BCUT2D eigenvalue weighted by atomic mass is 10.3. The van der Waals surface area contributed by atoms with Crippen LogP contribution in [0.2, 0.25) is 0 Å². The molecule has 0 saturated carbocycles. The van der Waals surface area contributed by atoms with Crippen LogP contribution in [-0.4, -0.2) is 4.40 Å². The van der Waals surface area contributed by atoms with Crippen molar-refractivity contribution in [1.29, 1.82) is 0 Å². The minimum atomic E-state index is 1.31. The quantitative estimate of drug-likeness (QED) is 0.492. The Labute approximate surface area is 73.9 Å². The molecule has 2 aromatic heterocycles. The number of hydrogen-bond acceptors (Lipinski definition) is 1. The second-order valence-electron chi connectivity index (χ2n) is 2.79. The van der Waals surface area contributed by atoms with Gasteiger partial charge in [-0.2, -0.15) is 0 Å². The number of fused-ring (bicyclic) bond motifs is 3. The molecule has 0 spiro atoms. The van der Waals surface area contributed by atoms with Crippen LogP contribution >= 0.6 is 11.3 Å². The normalized spacial score (nSPS) is 11.3. The minimum Gasteiger partial charge on any atom is -0.307 e. The van der Waals surface area contributed by atoms with E-state index in [1.54, 1.807) is 0 Å². The third-order valence-electron chi connectivity index (χ3n) is 2.05. The highest BCUT2D eigenvalue weighted by atomic mass is 32.1. The monoisotopic (exact) mass is 173 g/mol. The molecule has 0 unspecified atom stereocenters. The summed E-state index contributed by atoms with van der Waals surface area (Å²) in [5.41, 5.74) is 1.31. The first-order valence-corrected chi connectivity index (χ1v) is 4.71. The molecule has 1 nitrogen and oxygen atoms in total. The molecule has 0 bridgehead atoms. The molecule has 1 aromatic carbocycles. The highest BCUT2D eigenvalue weighted by molar-refractivity contribution is 7.23. The fourth-order valence-electron chi connectivity index (χ4n) is 1.50. The number of aromatic nitrogens is 1. The first-order chi connectivity index (χ1) is 5.95. The number of hydrogen-bond donors (Lipinski definition) is 0. The van der Waals surface area contributed by atoms with Crippen molar-refractivity contribution in [3.05, 3.63) is 42.6 Å². The predicted molar refractivity (Wildman–Crippen MR) is 52.8 cm³/mol. The maximum absolute atomic E-state index is 2.22. The summed E-state index contributed by atoms with van der Waals surface area (Å²) in [6.07, 6.45) is 2.11. The Bertz CT molecular complexity index is 532. The number of thiazole rings is 1. The minimum absolute atomic E-state index is 1.31. The van der Waals surface area contributed by atoms with Crippen LogP contribution in [0, 0.1) is 0 Å². The summed E-state index contributed by atoms with van der Waals surface area (Å²) in [4.78, 5) is 1.32. The zero-order valence-corrected chi connectivity index (χ0v) is 7.21. The highest BCUT2D eigenvalue weighted by Crippen LogP contribution is 2.25. The lowest BCUT2D eigenvalue weighted by Crippen LogP contribution is -1.73. The standard InChI is InChI=1S/C10H7NS/c1-2-5-9-8(4-1)11-7-3-6-10(11)12-9/h1-7H. The maximum atomic E-state index is 2.22. The summed E-state index contributed by atoms with van der Waals surface area (Å²) < 4.78 is 3.58. The average Bonchev–Trinajstić information content (AvgIpc) is 2.62. The van der Waals surface area contributed by atoms with E-state index in [-0.39, 0.29) is 0 Å². The van der Waals surface area contributed by atoms with Gasteiger partial charge in [-0.05, 0) is 24.3 Å². The Morgan fingerprint density at radius 1 is 1.00 bits per heavy atom. The van der Waals surface area contributed by atoms with Crippen molar-refractivity contribution in [2.75, 3.05) is 0 Å². The summed E-state index contributed by atoms with van der Waals surface area (Å²) in [5.74, 6) is 0. The molecule has 2 heteroatoms. The van der Waals surface area contributed by atoms with Gasteiger partial charge in [-0.25, -0.2) is 0 Å². The van der Waals surface area contributed by atoms with Crippen molar-refractivity contribution >= 4 is 26.4 Å². The second kappa shape index (κ2) is 2.11. The van der Waals surface area contributed by atoms with Crippen LogP contribution in [0.3, 0.4) is 0 Å². The van der Waals surface area contributed by atoms with E-state index in [0.29, 0.717) is 0 Å². The van der Waals surface area contributed by atoms with E-state index in [2.05, 4.69) is 47.0 Å². The van der Waals surface area contributed by atoms with Crippen LogP contribution in [-0.2, 0) is 0 Å². The van der Waals surface area contributed by atoms with Gasteiger partial charge in [0.1, 0.15) is 4.83 Å². The number of nitrogens with zero attached hydrogens (tertiary/aromatic N) is 1. The average molecular weight is 173 g/mol. The van der Waals surface area contributed by atoms with Crippen LogP contribution in [0.5, 0.6) is 0 Å². The first-order valence-electron chi connectivity index (χ1n) is 3.90. The first kappa shape index (κ1) is 6.26. The van der Waals surface area contributed by atoms with E-state index in [1.165, 1.54) is 15.0 Å². The molecule has 2 heterocycles. The van der Waals surface area contributed by atoms with E-state index < -0.39 is 0 Å². The van der Waals surface area contributed by atoms with Gasteiger partial charge in [-0.15, -0.1) is 11.3 Å². The van der Waals surface area contributed by atoms with Gasteiger partial charge in [-0.1, -0.05) is 12.1 Å². The van der Waals surface area contributed by atoms with E-state index >= 15 is 0 Å². The Morgan fingerprint density at radius 2 is 1.92 bits per heavy atom. The molecule has 0 atom stereocenters. The van der Waals surface area contributed by atoms with E-state index in [1.807, 2.05) is 11.3 Å². The number of rotatable bonds is 0. The lowest BCUT2D eigenvalue weighted by molar-refractivity contribution is 1.31. The van der Waals surface area contributed by atoms with Gasteiger partial charge in [0.2, 0.25) is 0 Å². The molecule has 0 N–H and O–H groups in total. The van der Waals surface area contributed by atoms with E-state index in [9.17, 15) is 0 Å². The van der Waals surface area contributed by atoms with Crippen molar-refractivity contribution in [3.63, 3.8) is 0 Å². The Hall–Kier alpha value is -1.28. The van der Waals surface area contributed by atoms with Gasteiger partial charge >= 0.3 is 0 Å². The fraction of sp³-hybridized carbons (Fsp3) is 0. The Morgan fingerprint density at radius 3 is 2.92 bits per heavy atom. The number of para-hydroxylation sites is 1. The van der Waals surface area contributed by atoms with Gasteiger partial charge in [0.25, 0.3) is 0 Å². The largest absolute Gasteiger partial charge is 0.307 e. The fourth-order valence-corrected chi connectivity index (χ4v) is 2.55. The maximum Gasteiger partial charge on any atom is 0.100 e. The zero-order valence-electron chi connectivity index (χ0n) is 6.40. The van der Waals surface area contributed by atoms with Crippen molar-refractivity contribution in [3.8, 4) is 0 Å². The van der Waals surface area contributed by atoms with Crippen LogP contribution in [0.15, 0.2) is 42.6 Å². The van der Waals surface area contributed by atoms with Gasteiger partial charge in [0, 0.05) is 6.20 Å². The molecule has 58 valence electrons. The Balaban J connectivity index is 2.68. The molecule has 0 aliphatic carbocycles. The Kier molecular flexibility index (Phi) is 1.10. The molecule has 3 aromatic rings. The summed E-state index contributed by atoms with van der Waals surface area (Å²) in [7, 11) is 0. The molecule has 0 fully saturated rings. The summed E-state index contributed by atoms with van der Waals surface area (Å²) in [6.45, 7) is 0. The molecule has 0 saturated heterocycles. The topological polar surface area (TPSA) is 4.41 Å². The van der Waals surface area contributed by atoms with Gasteiger partial charge < -0.3 is 4.40 Å². The third kappa shape index (κ3) is 0.676. The molecule has 3 rings (SSSR count). The van der Waals surface area contributed by atoms with Crippen LogP contribution in [0.25, 0.3) is 15.0 Å². The summed E-state index contributed by atoms with van der Waals surface area (Å²) >= 11 is 1.83. The van der Waals surface area contributed by atoms with Gasteiger partial charge in [0.15, 0.2) is 0 Å². The summed E-state index contributed by atoms with van der Waals surface area (Å²) in [5, 5.41) is 0. The molecular formula is C10H7NS. The SMILES string of the molecule is c1ccc2c(c1)sc1cccn12. The van der Waals surface area contributed by atoms with Crippen molar-refractivity contribution in [2.24, 2.45) is 0 Å². The second-order valence-corrected chi connectivity index (χ2v) is 3.85. The molecule has 0 radical (unpaired) electrons. The number of benzene rings is 1. The van der Waals surface area contributed by atoms with Gasteiger partial charge in [0.05, 0.1) is 10.2 Å². The lowest BCUT2D eigenvalue weighted by Gasteiger charge is -1.87. The van der Waals surface area contributed by atoms with Crippen molar-refractivity contribution in [1.82, 2.24) is 4.40 Å². The summed E-state index contributed by atoms with van der Waals surface area (Å²) in [6, 6.07) is 12.7. The molecular weight excluding hydrogens is 166 g/mol. The third-order valence-corrected chi connectivity index (χ3v) is 3.16.